The molecule has 2 unspecified atom stereocenters. The first-order valence-corrected chi connectivity index (χ1v) is 9.40. The highest BCUT2D eigenvalue weighted by molar-refractivity contribution is 8.00. The molecule has 1 fully saturated rings. The molecule has 1 aromatic rings. The van der Waals surface area contributed by atoms with Crippen molar-refractivity contribution in [3.05, 3.63) is 18.5 Å². The molecule has 1 N–H and O–H groups in total. The zero-order chi connectivity index (χ0) is 15.8. The van der Waals surface area contributed by atoms with E-state index in [1.807, 2.05) is 23.1 Å². The van der Waals surface area contributed by atoms with Gasteiger partial charge in [0.05, 0.1) is 0 Å². The van der Waals surface area contributed by atoms with Gasteiger partial charge in [0, 0.05) is 56.1 Å². The quantitative estimate of drug-likeness (QED) is 0.644. The van der Waals surface area contributed by atoms with E-state index < -0.39 is 0 Å². The molecule has 2 rings (SSSR count). The maximum atomic E-state index is 4.87. The number of rotatable bonds is 6. The Bertz CT molecular complexity index is 445. The van der Waals surface area contributed by atoms with E-state index in [2.05, 4.69) is 47.8 Å². The van der Waals surface area contributed by atoms with Crippen LogP contribution >= 0.6 is 11.8 Å². The van der Waals surface area contributed by atoms with Gasteiger partial charge >= 0.3 is 0 Å². The maximum Gasteiger partial charge on any atom is 0.193 e. The Labute approximate surface area is 138 Å². The molecule has 1 aliphatic rings. The minimum absolute atomic E-state index is 0.481. The zero-order valence-corrected chi connectivity index (χ0v) is 14.9. The largest absolute Gasteiger partial charge is 0.357 e. The Balaban J connectivity index is 1.91. The van der Waals surface area contributed by atoms with E-state index in [1.165, 1.54) is 12.2 Å². The van der Waals surface area contributed by atoms with E-state index in [9.17, 15) is 0 Å². The third kappa shape index (κ3) is 5.23. The number of thioether (sulfide) groups is 1. The summed E-state index contributed by atoms with van der Waals surface area (Å²) in [5, 5.41) is 8.46. The highest BCUT2D eigenvalue weighted by atomic mass is 32.2. The van der Waals surface area contributed by atoms with Gasteiger partial charge in [0.2, 0.25) is 0 Å². The van der Waals surface area contributed by atoms with Gasteiger partial charge in [-0.05, 0) is 25.3 Å². The van der Waals surface area contributed by atoms with Crippen LogP contribution in [0.15, 0.2) is 23.5 Å². The zero-order valence-electron chi connectivity index (χ0n) is 14.0. The first-order chi connectivity index (χ1) is 10.7. The standard InChI is InChI=1S/C16H29N5S/c1-4-15-13-20(9-10-22-15)16(17-5-2)18-11-14(3)12-21-8-6-7-19-21/h6-8,14-15H,4-5,9-13H2,1-3H3,(H,17,18). The van der Waals surface area contributed by atoms with Gasteiger partial charge in [0.1, 0.15) is 0 Å². The van der Waals surface area contributed by atoms with Gasteiger partial charge in [-0.15, -0.1) is 0 Å². The summed E-state index contributed by atoms with van der Waals surface area (Å²) < 4.78 is 1.98. The summed E-state index contributed by atoms with van der Waals surface area (Å²) in [5.74, 6) is 2.76. The molecule has 0 aliphatic carbocycles. The van der Waals surface area contributed by atoms with Crippen LogP contribution in [-0.4, -0.2) is 57.8 Å². The van der Waals surface area contributed by atoms with Gasteiger partial charge in [0.15, 0.2) is 5.96 Å². The molecule has 124 valence electrons. The lowest BCUT2D eigenvalue weighted by Gasteiger charge is -2.34. The van der Waals surface area contributed by atoms with Gasteiger partial charge in [-0.3, -0.25) is 9.67 Å². The van der Waals surface area contributed by atoms with E-state index in [1.54, 1.807) is 0 Å². The van der Waals surface area contributed by atoms with Gasteiger partial charge in [-0.1, -0.05) is 13.8 Å². The number of aromatic nitrogens is 2. The smallest absolute Gasteiger partial charge is 0.193 e. The number of guanidine groups is 1. The van der Waals surface area contributed by atoms with E-state index in [0.29, 0.717) is 5.92 Å². The lowest BCUT2D eigenvalue weighted by atomic mass is 10.2. The summed E-state index contributed by atoms with van der Waals surface area (Å²) >= 11 is 2.09. The van der Waals surface area contributed by atoms with Crippen molar-refractivity contribution in [1.29, 1.82) is 0 Å². The molecule has 0 bridgehead atoms. The van der Waals surface area contributed by atoms with E-state index in [-0.39, 0.29) is 0 Å². The molecule has 6 heteroatoms. The van der Waals surface area contributed by atoms with Gasteiger partial charge in [-0.25, -0.2) is 0 Å². The lowest BCUT2D eigenvalue weighted by Crippen LogP contribution is -2.48. The van der Waals surface area contributed by atoms with E-state index >= 15 is 0 Å². The van der Waals surface area contributed by atoms with Crippen molar-refractivity contribution in [3.63, 3.8) is 0 Å². The molecule has 0 radical (unpaired) electrons. The third-order valence-corrected chi connectivity index (χ3v) is 5.21. The second-order valence-corrected chi connectivity index (χ2v) is 7.28. The second-order valence-electron chi connectivity index (χ2n) is 5.87. The van der Waals surface area contributed by atoms with Crippen LogP contribution in [0, 0.1) is 5.92 Å². The number of nitrogens with one attached hydrogen (secondary N) is 1. The van der Waals surface area contributed by atoms with Crippen LogP contribution in [-0.2, 0) is 6.54 Å². The summed E-state index contributed by atoms with van der Waals surface area (Å²) in [6.07, 6.45) is 5.08. The van der Waals surface area contributed by atoms with Crippen molar-refractivity contribution < 1.29 is 0 Å². The maximum absolute atomic E-state index is 4.87. The summed E-state index contributed by atoms with van der Waals surface area (Å²) in [6.45, 7) is 11.5. The normalized spacial score (nSPS) is 21.0. The van der Waals surface area contributed by atoms with Crippen molar-refractivity contribution in [2.75, 3.05) is 31.9 Å². The van der Waals surface area contributed by atoms with Crippen molar-refractivity contribution in [2.45, 2.75) is 39.0 Å². The molecular formula is C16H29N5S. The average Bonchev–Trinajstić information content (AvgIpc) is 3.04. The predicted molar refractivity (Wildman–Crippen MR) is 95.5 cm³/mol. The Hall–Kier alpha value is -1.17. The van der Waals surface area contributed by atoms with Crippen LogP contribution in [0.25, 0.3) is 0 Å². The van der Waals surface area contributed by atoms with Gasteiger partial charge < -0.3 is 10.2 Å². The molecule has 0 saturated carbocycles. The van der Waals surface area contributed by atoms with Crippen LogP contribution in [0.4, 0.5) is 0 Å². The molecule has 2 atom stereocenters. The predicted octanol–water partition coefficient (Wildman–Crippen LogP) is 2.31. The van der Waals surface area contributed by atoms with Crippen molar-refractivity contribution >= 4 is 17.7 Å². The third-order valence-electron chi connectivity index (χ3n) is 3.84. The summed E-state index contributed by atoms with van der Waals surface area (Å²) in [4.78, 5) is 7.29. The Morgan fingerprint density at radius 2 is 2.36 bits per heavy atom. The first-order valence-electron chi connectivity index (χ1n) is 8.35. The molecule has 1 aromatic heterocycles. The monoisotopic (exact) mass is 323 g/mol. The topological polar surface area (TPSA) is 45.5 Å². The molecule has 0 amide bonds. The van der Waals surface area contributed by atoms with Gasteiger partial charge in [-0.2, -0.15) is 16.9 Å². The Kier molecular flexibility index (Phi) is 7.09. The molecule has 2 heterocycles. The van der Waals surface area contributed by atoms with E-state index in [4.69, 9.17) is 4.99 Å². The molecular weight excluding hydrogens is 294 g/mol. The van der Waals surface area contributed by atoms with Crippen LogP contribution in [0.1, 0.15) is 27.2 Å². The molecule has 0 aromatic carbocycles. The first kappa shape index (κ1) is 17.2. The van der Waals surface area contributed by atoms with Crippen LogP contribution in [0.3, 0.4) is 0 Å². The summed E-state index contributed by atoms with van der Waals surface area (Å²) in [5.41, 5.74) is 0. The van der Waals surface area contributed by atoms with Crippen molar-refractivity contribution in [2.24, 2.45) is 10.9 Å². The lowest BCUT2D eigenvalue weighted by molar-refractivity contribution is 0.402. The highest BCUT2D eigenvalue weighted by Crippen LogP contribution is 2.21. The Morgan fingerprint density at radius 3 is 3.05 bits per heavy atom. The number of aliphatic imine (C=N–C) groups is 1. The van der Waals surface area contributed by atoms with Crippen LogP contribution in [0.2, 0.25) is 0 Å². The van der Waals surface area contributed by atoms with Gasteiger partial charge in [0.25, 0.3) is 0 Å². The van der Waals surface area contributed by atoms with E-state index in [0.717, 1.165) is 43.9 Å². The molecule has 5 nitrogen and oxygen atoms in total. The highest BCUT2D eigenvalue weighted by Gasteiger charge is 2.21. The SMILES string of the molecule is CCNC(=NCC(C)Cn1cccn1)N1CCSC(CC)C1. The minimum atomic E-state index is 0.481. The summed E-state index contributed by atoms with van der Waals surface area (Å²) in [6, 6.07) is 1.97. The summed E-state index contributed by atoms with van der Waals surface area (Å²) in [7, 11) is 0. The van der Waals surface area contributed by atoms with Crippen molar-refractivity contribution in [3.8, 4) is 0 Å². The fourth-order valence-corrected chi connectivity index (χ4v) is 3.79. The molecule has 22 heavy (non-hydrogen) atoms. The number of hydrogen-bond donors (Lipinski definition) is 1. The number of nitrogens with zero attached hydrogens (tertiary/aromatic N) is 4. The fourth-order valence-electron chi connectivity index (χ4n) is 2.61. The second kappa shape index (κ2) is 9.08. The van der Waals surface area contributed by atoms with Crippen LogP contribution < -0.4 is 5.32 Å². The fraction of sp³-hybridized carbons (Fsp3) is 0.750. The Morgan fingerprint density at radius 1 is 1.50 bits per heavy atom. The number of hydrogen-bond acceptors (Lipinski definition) is 3. The van der Waals surface area contributed by atoms with Crippen molar-refractivity contribution in [1.82, 2.24) is 20.0 Å². The molecule has 1 aliphatic heterocycles. The van der Waals surface area contributed by atoms with Crippen LogP contribution in [0.5, 0.6) is 0 Å². The molecule has 1 saturated heterocycles. The average molecular weight is 324 g/mol. The minimum Gasteiger partial charge on any atom is -0.357 e. The molecule has 0 spiro atoms.